The molecule has 13 nitrogen and oxygen atoms in total. The Balaban J connectivity index is 1.39. The third-order valence-electron chi connectivity index (χ3n) is 6.94. The van der Waals surface area contributed by atoms with Crippen molar-refractivity contribution in [3.8, 4) is 40.2 Å². The minimum absolute atomic E-state index is 0.0846. The standard InChI is InChI=1S/C27H36N4O9/c1-34-20-11-18(12-21(35-2)24(20)37-4)40-15-17(32)14-30-9-7-16(8-10-30)31-27(33)19-13-22(36-3)25(38-5)26(39-6)23(19)28-29-31/h11-13,16-17,32H,7-10,14-15H2,1-6H3. The van der Waals surface area contributed by atoms with E-state index in [4.69, 9.17) is 33.2 Å². The van der Waals surface area contributed by atoms with E-state index in [9.17, 15) is 9.90 Å². The van der Waals surface area contributed by atoms with Crippen LogP contribution in [0.2, 0.25) is 0 Å². The molecule has 0 aliphatic carbocycles. The third-order valence-corrected chi connectivity index (χ3v) is 6.94. The Bertz CT molecular complexity index is 1350. The number of nitrogens with zero attached hydrogens (tertiary/aromatic N) is 4. The van der Waals surface area contributed by atoms with Crippen molar-refractivity contribution < 1.29 is 38.3 Å². The Morgan fingerprint density at radius 3 is 1.98 bits per heavy atom. The van der Waals surface area contributed by atoms with Crippen molar-refractivity contribution in [1.82, 2.24) is 19.9 Å². The number of methoxy groups -OCH3 is 6. The van der Waals surface area contributed by atoms with Crippen LogP contribution >= 0.6 is 0 Å². The highest BCUT2D eigenvalue weighted by Crippen LogP contribution is 2.42. The molecule has 3 aromatic rings. The molecule has 0 spiro atoms. The van der Waals surface area contributed by atoms with Crippen LogP contribution in [-0.4, -0.2) is 100 Å². The first-order chi connectivity index (χ1) is 19.4. The van der Waals surface area contributed by atoms with E-state index in [1.54, 1.807) is 18.2 Å². The summed E-state index contributed by atoms with van der Waals surface area (Å²) >= 11 is 0. The molecule has 40 heavy (non-hydrogen) atoms. The van der Waals surface area contributed by atoms with Crippen molar-refractivity contribution in [2.45, 2.75) is 25.0 Å². The number of aliphatic hydroxyl groups excluding tert-OH is 1. The second kappa shape index (κ2) is 12.9. The Morgan fingerprint density at radius 2 is 1.43 bits per heavy atom. The van der Waals surface area contributed by atoms with Crippen molar-refractivity contribution >= 4 is 10.9 Å². The third kappa shape index (κ3) is 5.80. The van der Waals surface area contributed by atoms with Crippen LogP contribution in [0, 0.1) is 0 Å². The fraction of sp³-hybridized carbons (Fsp3) is 0.519. The number of likely N-dealkylation sites (tertiary alicyclic amines) is 1. The van der Waals surface area contributed by atoms with E-state index in [1.165, 1.54) is 47.3 Å². The molecule has 1 aliphatic heterocycles. The molecule has 2 heterocycles. The summed E-state index contributed by atoms with van der Waals surface area (Å²) < 4.78 is 39.5. The van der Waals surface area contributed by atoms with Crippen molar-refractivity contribution in [1.29, 1.82) is 0 Å². The number of piperidine rings is 1. The van der Waals surface area contributed by atoms with Gasteiger partial charge in [-0.1, -0.05) is 5.21 Å². The first kappa shape index (κ1) is 29.0. The van der Waals surface area contributed by atoms with Crippen molar-refractivity contribution in [2.75, 3.05) is 68.9 Å². The Kier molecular flexibility index (Phi) is 9.38. The molecule has 1 saturated heterocycles. The minimum atomic E-state index is -0.728. The number of hydrogen-bond donors (Lipinski definition) is 1. The molecule has 1 fully saturated rings. The molecule has 0 saturated carbocycles. The normalized spacial score (nSPS) is 15.0. The maximum absolute atomic E-state index is 13.4. The van der Waals surface area contributed by atoms with Crippen LogP contribution in [0.25, 0.3) is 10.9 Å². The molecule has 2 aromatic carbocycles. The molecule has 0 radical (unpaired) electrons. The Hall–Kier alpha value is -3.97. The van der Waals surface area contributed by atoms with Gasteiger partial charge >= 0.3 is 0 Å². The van der Waals surface area contributed by atoms with Crippen molar-refractivity contribution in [3.63, 3.8) is 0 Å². The molecule has 13 heteroatoms. The highest BCUT2D eigenvalue weighted by Gasteiger charge is 2.27. The molecule has 1 unspecified atom stereocenters. The van der Waals surface area contributed by atoms with Crippen LogP contribution in [0.3, 0.4) is 0 Å². The molecule has 0 bridgehead atoms. The quantitative estimate of drug-likeness (QED) is 0.347. The van der Waals surface area contributed by atoms with Crippen LogP contribution in [0.1, 0.15) is 18.9 Å². The highest BCUT2D eigenvalue weighted by atomic mass is 16.5. The van der Waals surface area contributed by atoms with E-state index in [0.717, 1.165) is 0 Å². The zero-order valence-electron chi connectivity index (χ0n) is 23.6. The lowest BCUT2D eigenvalue weighted by Gasteiger charge is -2.33. The zero-order valence-corrected chi connectivity index (χ0v) is 23.6. The summed E-state index contributed by atoms with van der Waals surface area (Å²) in [4.78, 5) is 15.5. The Labute approximate surface area is 232 Å². The number of rotatable bonds is 12. The predicted molar refractivity (Wildman–Crippen MR) is 146 cm³/mol. The van der Waals surface area contributed by atoms with Gasteiger partial charge in [0.05, 0.1) is 54.1 Å². The van der Waals surface area contributed by atoms with Gasteiger partial charge in [0.2, 0.25) is 11.5 Å². The first-order valence-corrected chi connectivity index (χ1v) is 12.8. The number of fused-ring (bicyclic) bond motifs is 1. The van der Waals surface area contributed by atoms with E-state index >= 15 is 0 Å². The van der Waals surface area contributed by atoms with Crippen molar-refractivity contribution in [3.05, 3.63) is 28.6 Å². The van der Waals surface area contributed by atoms with Gasteiger partial charge in [-0.05, 0) is 18.9 Å². The number of benzene rings is 2. The van der Waals surface area contributed by atoms with Crippen LogP contribution in [0.4, 0.5) is 0 Å². The lowest BCUT2D eigenvalue weighted by atomic mass is 10.0. The SMILES string of the molecule is COc1cc(OCC(O)CN2CCC(n3nnc4c(OC)c(OC)c(OC)cc4c3=O)CC2)cc(OC)c1OC. The van der Waals surface area contributed by atoms with Gasteiger partial charge in [0.15, 0.2) is 23.0 Å². The lowest BCUT2D eigenvalue weighted by molar-refractivity contribution is 0.0543. The molecule has 1 aromatic heterocycles. The van der Waals surface area contributed by atoms with Gasteiger partial charge < -0.3 is 43.2 Å². The number of aromatic nitrogens is 3. The summed E-state index contributed by atoms with van der Waals surface area (Å²) in [5.74, 6) is 2.92. The number of β-amino-alcohol motifs (C(OH)–C–C–N with tert-alkyl or cyclic N) is 1. The summed E-state index contributed by atoms with van der Waals surface area (Å²) in [5, 5.41) is 19.5. The lowest BCUT2D eigenvalue weighted by Crippen LogP contribution is -2.43. The second-order valence-electron chi connectivity index (χ2n) is 9.24. The largest absolute Gasteiger partial charge is 0.493 e. The van der Waals surface area contributed by atoms with Gasteiger partial charge in [0, 0.05) is 31.8 Å². The summed E-state index contributed by atoms with van der Waals surface area (Å²) in [5.41, 5.74) is 0.0375. The maximum atomic E-state index is 13.4. The van der Waals surface area contributed by atoms with E-state index in [-0.39, 0.29) is 18.2 Å². The van der Waals surface area contributed by atoms with Crippen molar-refractivity contribution in [2.24, 2.45) is 0 Å². The fourth-order valence-corrected chi connectivity index (χ4v) is 4.93. The predicted octanol–water partition coefficient (Wildman–Crippen LogP) is 1.92. The van der Waals surface area contributed by atoms with E-state index in [0.29, 0.717) is 83.6 Å². The minimum Gasteiger partial charge on any atom is -0.493 e. The first-order valence-electron chi connectivity index (χ1n) is 12.8. The smallest absolute Gasteiger partial charge is 0.278 e. The van der Waals surface area contributed by atoms with Crippen LogP contribution in [-0.2, 0) is 0 Å². The molecule has 218 valence electrons. The average Bonchev–Trinajstić information content (AvgIpc) is 2.99. The molecule has 1 N–H and O–H groups in total. The molecular formula is C27H36N4O9. The molecule has 4 rings (SSSR count). The summed E-state index contributed by atoms with van der Waals surface area (Å²) in [6.45, 7) is 1.85. The van der Waals surface area contributed by atoms with Gasteiger partial charge in [-0.25, -0.2) is 4.68 Å². The number of ether oxygens (including phenoxy) is 7. The highest BCUT2D eigenvalue weighted by molar-refractivity contribution is 5.88. The van der Waals surface area contributed by atoms with E-state index in [2.05, 4.69) is 15.2 Å². The Morgan fingerprint density at radius 1 is 0.850 bits per heavy atom. The average molecular weight is 561 g/mol. The molecular weight excluding hydrogens is 524 g/mol. The van der Waals surface area contributed by atoms with Gasteiger partial charge in [0.25, 0.3) is 5.56 Å². The molecule has 1 aliphatic rings. The van der Waals surface area contributed by atoms with Crippen LogP contribution in [0.15, 0.2) is 23.0 Å². The molecule has 0 amide bonds. The van der Waals surface area contributed by atoms with Crippen LogP contribution in [0.5, 0.6) is 40.2 Å². The van der Waals surface area contributed by atoms with Gasteiger partial charge in [-0.2, -0.15) is 0 Å². The van der Waals surface area contributed by atoms with Crippen LogP contribution < -0.4 is 38.7 Å². The summed E-state index contributed by atoms with van der Waals surface area (Å²) in [6, 6.07) is 4.84. The number of hydrogen-bond acceptors (Lipinski definition) is 12. The summed E-state index contributed by atoms with van der Waals surface area (Å²) in [7, 11) is 9.05. The van der Waals surface area contributed by atoms with Gasteiger partial charge in [0.1, 0.15) is 24.0 Å². The fourth-order valence-electron chi connectivity index (χ4n) is 4.93. The second-order valence-corrected chi connectivity index (χ2v) is 9.24. The monoisotopic (exact) mass is 560 g/mol. The van der Waals surface area contributed by atoms with Gasteiger partial charge in [-0.15, -0.1) is 5.10 Å². The number of aliphatic hydroxyl groups is 1. The van der Waals surface area contributed by atoms with E-state index in [1.807, 2.05) is 0 Å². The molecule has 1 atom stereocenters. The topological polar surface area (TPSA) is 136 Å². The summed E-state index contributed by atoms with van der Waals surface area (Å²) in [6.07, 6.45) is 0.615. The van der Waals surface area contributed by atoms with E-state index < -0.39 is 6.10 Å². The zero-order chi connectivity index (χ0) is 28.8. The maximum Gasteiger partial charge on any atom is 0.278 e. The van der Waals surface area contributed by atoms with Gasteiger partial charge in [-0.3, -0.25) is 4.79 Å².